The van der Waals surface area contributed by atoms with E-state index in [2.05, 4.69) is 19.7 Å². The van der Waals surface area contributed by atoms with Gasteiger partial charge in [-0.25, -0.2) is 14.8 Å². The van der Waals surface area contributed by atoms with Crippen molar-refractivity contribution in [2.75, 3.05) is 32.8 Å². The first-order valence-electron chi connectivity index (χ1n) is 13.7. The van der Waals surface area contributed by atoms with Crippen LogP contribution in [0.5, 0.6) is 5.75 Å². The predicted octanol–water partition coefficient (Wildman–Crippen LogP) is 5.00. The molecule has 3 aromatic rings. The lowest BCUT2D eigenvalue weighted by Crippen LogP contribution is -2.44. The van der Waals surface area contributed by atoms with E-state index in [9.17, 15) is 32.9 Å². The number of aromatic amines is 1. The summed E-state index contributed by atoms with van der Waals surface area (Å²) in [6, 6.07) is 4.20. The number of nitro groups is 1. The Hall–Kier alpha value is -4.73. The summed E-state index contributed by atoms with van der Waals surface area (Å²) >= 11 is 0. The Balaban J connectivity index is 1.32. The Labute approximate surface area is 248 Å². The summed E-state index contributed by atoms with van der Waals surface area (Å²) in [7, 11) is 0. The maximum Gasteiger partial charge on any atom is 0.573 e. The molecule has 0 bridgehead atoms. The molecule has 4 heterocycles. The number of nitro benzene ring substituents is 1. The van der Waals surface area contributed by atoms with Crippen LogP contribution in [0.3, 0.4) is 0 Å². The average Bonchev–Trinajstić information content (AvgIpc) is 3.40. The number of fused-ring (bicyclic) bond motifs is 1. The van der Waals surface area contributed by atoms with E-state index in [4.69, 9.17) is 9.47 Å². The summed E-state index contributed by atoms with van der Waals surface area (Å²) in [5.41, 5.74) is 0.970. The van der Waals surface area contributed by atoms with Crippen molar-refractivity contribution in [3.05, 3.63) is 63.6 Å². The highest BCUT2D eigenvalue weighted by Gasteiger charge is 2.34. The number of nitrogens with one attached hydrogen (secondary N) is 1. The smallest absolute Gasteiger partial charge is 0.444 e. The molecule has 16 heteroatoms. The summed E-state index contributed by atoms with van der Waals surface area (Å²) in [6.45, 7) is 6.60. The van der Waals surface area contributed by atoms with Gasteiger partial charge in [-0.1, -0.05) is 6.08 Å². The second kappa shape index (κ2) is 11.7. The van der Waals surface area contributed by atoms with Crippen LogP contribution in [-0.2, 0) is 9.47 Å². The molecule has 5 rings (SSSR count). The number of amides is 2. The molecule has 0 unspecified atom stereocenters. The van der Waals surface area contributed by atoms with Crippen molar-refractivity contribution in [3.63, 3.8) is 0 Å². The van der Waals surface area contributed by atoms with Gasteiger partial charge in [0.05, 0.1) is 29.7 Å². The Morgan fingerprint density at radius 2 is 1.93 bits per heavy atom. The molecule has 1 atom stereocenters. The van der Waals surface area contributed by atoms with Crippen molar-refractivity contribution in [1.82, 2.24) is 24.8 Å². The molecule has 2 amide bonds. The number of aromatic nitrogens is 3. The predicted molar refractivity (Wildman–Crippen MR) is 149 cm³/mol. The Bertz CT molecular complexity index is 1630. The lowest BCUT2D eigenvalue weighted by molar-refractivity contribution is -0.385. The van der Waals surface area contributed by atoms with Gasteiger partial charge >= 0.3 is 12.5 Å². The molecule has 44 heavy (non-hydrogen) atoms. The van der Waals surface area contributed by atoms with E-state index in [0.29, 0.717) is 42.6 Å². The van der Waals surface area contributed by atoms with Gasteiger partial charge in [-0.3, -0.25) is 14.9 Å². The minimum Gasteiger partial charge on any atom is -0.444 e. The van der Waals surface area contributed by atoms with Crippen molar-refractivity contribution in [2.45, 2.75) is 45.3 Å². The number of benzene rings is 1. The van der Waals surface area contributed by atoms with Crippen LogP contribution >= 0.6 is 0 Å². The van der Waals surface area contributed by atoms with E-state index in [1.54, 1.807) is 44.0 Å². The quantitative estimate of drug-likeness (QED) is 0.307. The number of alkyl halides is 3. The maximum atomic E-state index is 13.2. The van der Waals surface area contributed by atoms with Gasteiger partial charge in [-0.2, -0.15) is 0 Å². The topological polar surface area (TPSA) is 153 Å². The standard InChI is InChI=1S/C28H29F3N6O7/c1-27(2,3)44-26(39)36-12-13-42-21(15-36)23-33-22-18(6-9-32-24(22)34-23)16-7-10-35(11-8-16)25(38)19-5-4-17(43-28(29,30)31)14-20(19)37(40)41/h4-7,9,14,21H,8,10-13,15H2,1-3H3,(H,32,33,34)/t21-/m1/s1. The van der Waals surface area contributed by atoms with Crippen molar-refractivity contribution in [2.24, 2.45) is 0 Å². The summed E-state index contributed by atoms with van der Waals surface area (Å²) in [5.74, 6) is -0.997. The van der Waals surface area contributed by atoms with Gasteiger partial charge < -0.3 is 29.0 Å². The highest BCUT2D eigenvalue weighted by Crippen LogP contribution is 2.33. The van der Waals surface area contributed by atoms with Crippen LogP contribution in [0, 0.1) is 10.1 Å². The Kier molecular flexibility index (Phi) is 8.20. The fourth-order valence-electron chi connectivity index (χ4n) is 4.97. The molecular formula is C28H29F3N6O7. The highest BCUT2D eigenvalue weighted by atomic mass is 19.4. The van der Waals surface area contributed by atoms with Gasteiger partial charge in [-0.05, 0) is 51.0 Å². The van der Waals surface area contributed by atoms with E-state index in [0.717, 1.165) is 23.3 Å². The summed E-state index contributed by atoms with van der Waals surface area (Å²) in [4.78, 5) is 51.5. The van der Waals surface area contributed by atoms with Crippen LogP contribution in [0.15, 0.2) is 36.5 Å². The second-order valence-electron chi connectivity index (χ2n) is 11.2. The molecule has 1 saturated heterocycles. The van der Waals surface area contributed by atoms with E-state index in [1.807, 2.05) is 0 Å². The van der Waals surface area contributed by atoms with Gasteiger partial charge in [0.2, 0.25) is 0 Å². The average molecular weight is 619 g/mol. The van der Waals surface area contributed by atoms with Gasteiger partial charge in [0.25, 0.3) is 11.6 Å². The summed E-state index contributed by atoms with van der Waals surface area (Å²) in [5, 5.41) is 11.5. The molecule has 1 N–H and O–H groups in total. The van der Waals surface area contributed by atoms with Gasteiger partial charge in [0, 0.05) is 31.4 Å². The van der Waals surface area contributed by atoms with E-state index in [-0.39, 0.29) is 25.2 Å². The lowest BCUT2D eigenvalue weighted by Gasteiger charge is -2.33. The third-order valence-electron chi connectivity index (χ3n) is 6.91. The fraction of sp³-hybridized carbons (Fsp3) is 0.429. The summed E-state index contributed by atoms with van der Waals surface area (Å²) < 4.78 is 52.9. The van der Waals surface area contributed by atoms with Gasteiger partial charge in [0.15, 0.2) is 5.65 Å². The van der Waals surface area contributed by atoms with Crippen LogP contribution in [0.2, 0.25) is 0 Å². The van der Waals surface area contributed by atoms with Crippen molar-refractivity contribution in [1.29, 1.82) is 0 Å². The number of hydrogen-bond donors (Lipinski definition) is 1. The Morgan fingerprint density at radius 1 is 1.16 bits per heavy atom. The van der Waals surface area contributed by atoms with E-state index in [1.165, 1.54) is 4.90 Å². The number of H-pyrrole nitrogens is 1. The molecule has 2 aromatic heterocycles. The van der Waals surface area contributed by atoms with Crippen LogP contribution in [-0.4, -0.2) is 86.4 Å². The largest absolute Gasteiger partial charge is 0.573 e. The maximum absolute atomic E-state index is 13.2. The number of carbonyl (C=O) groups is 2. The highest BCUT2D eigenvalue weighted by molar-refractivity contribution is 5.99. The minimum absolute atomic E-state index is 0.105. The number of ether oxygens (including phenoxy) is 3. The normalized spacial score (nSPS) is 17.8. The van der Waals surface area contributed by atoms with Crippen molar-refractivity contribution < 1.29 is 41.9 Å². The first-order chi connectivity index (χ1) is 20.7. The molecule has 0 spiro atoms. The van der Waals surface area contributed by atoms with Gasteiger partial charge in [0.1, 0.15) is 28.8 Å². The second-order valence-corrected chi connectivity index (χ2v) is 11.2. The minimum atomic E-state index is -5.04. The molecule has 0 saturated carbocycles. The number of rotatable bonds is 5. The van der Waals surface area contributed by atoms with Crippen LogP contribution < -0.4 is 4.74 Å². The zero-order chi connectivity index (χ0) is 31.8. The van der Waals surface area contributed by atoms with Crippen molar-refractivity contribution in [3.8, 4) is 5.75 Å². The number of halogens is 3. The fourth-order valence-corrected chi connectivity index (χ4v) is 4.97. The number of hydrogen-bond acceptors (Lipinski definition) is 9. The number of carbonyl (C=O) groups excluding carboxylic acids is 2. The van der Waals surface area contributed by atoms with E-state index < -0.39 is 46.4 Å². The molecule has 13 nitrogen and oxygen atoms in total. The molecule has 0 radical (unpaired) electrons. The van der Waals surface area contributed by atoms with Crippen LogP contribution in [0.25, 0.3) is 16.7 Å². The molecule has 1 fully saturated rings. The zero-order valence-electron chi connectivity index (χ0n) is 24.0. The molecule has 2 aliphatic heterocycles. The molecule has 2 aliphatic rings. The molecular weight excluding hydrogens is 589 g/mol. The number of morpholine rings is 1. The lowest BCUT2D eigenvalue weighted by atomic mass is 9.99. The van der Waals surface area contributed by atoms with E-state index >= 15 is 0 Å². The molecule has 0 aliphatic carbocycles. The van der Waals surface area contributed by atoms with Crippen molar-refractivity contribution >= 4 is 34.4 Å². The molecule has 234 valence electrons. The first kappa shape index (κ1) is 30.7. The SMILES string of the molecule is CC(C)(C)OC(=O)N1CCO[C@@H](c2nc3nccc(C4=CCN(C(=O)c5ccc(OC(F)(F)F)cc5[N+](=O)[O-])CC4)c3[nH]2)C1. The third kappa shape index (κ3) is 6.90. The summed E-state index contributed by atoms with van der Waals surface area (Å²) in [6.07, 6.45) is -2.23. The monoisotopic (exact) mass is 618 g/mol. The van der Waals surface area contributed by atoms with Gasteiger partial charge in [-0.15, -0.1) is 13.2 Å². The number of nitrogens with zero attached hydrogens (tertiary/aromatic N) is 5. The Morgan fingerprint density at radius 3 is 2.59 bits per heavy atom. The van der Waals surface area contributed by atoms with Crippen LogP contribution in [0.1, 0.15) is 55.0 Å². The molecule has 1 aromatic carbocycles. The van der Waals surface area contributed by atoms with Crippen LogP contribution in [0.4, 0.5) is 23.7 Å². The number of pyridine rings is 1. The first-order valence-corrected chi connectivity index (χ1v) is 13.7. The third-order valence-corrected chi connectivity index (χ3v) is 6.91. The zero-order valence-corrected chi connectivity index (χ0v) is 24.0. The number of imidazole rings is 1.